The first-order valence-electron chi connectivity index (χ1n) is 9.37. The molecule has 8 heteroatoms. The lowest BCUT2D eigenvalue weighted by atomic mass is 10.1. The molecule has 4 aromatic rings. The van der Waals surface area contributed by atoms with E-state index in [4.69, 9.17) is 5.73 Å². The third kappa shape index (κ3) is 4.12. The van der Waals surface area contributed by atoms with E-state index >= 15 is 0 Å². The number of nitrogens with zero attached hydrogens (tertiary/aromatic N) is 3. The average Bonchev–Trinajstić information content (AvgIpc) is 3.27. The molecule has 0 saturated carbocycles. The number of H-pyrrole nitrogens is 1. The lowest BCUT2D eigenvalue weighted by Gasteiger charge is -2.22. The molecule has 0 atom stereocenters. The van der Waals surface area contributed by atoms with Crippen LogP contribution in [-0.4, -0.2) is 31.9 Å². The molecule has 0 radical (unpaired) electrons. The Hall–Kier alpha value is -4.20. The molecule has 150 valence electrons. The smallest absolute Gasteiger partial charge is 0.314 e. The van der Waals surface area contributed by atoms with Crippen LogP contribution in [0, 0.1) is 0 Å². The standard InChI is InChI=1S/C22H20N6O2/c23-20-17-11-25-27-19(17)18(12-24-20)26-21(29)22(30)28(13-15-7-3-1-4-8-15)14-16-9-5-2-6-10-16/h1-12H,13-14H2,(H2,23,24)(H,25,27)(H,26,29). The van der Waals surface area contributed by atoms with Crippen molar-refractivity contribution in [3.63, 3.8) is 0 Å². The highest BCUT2D eigenvalue weighted by molar-refractivity contribution is 6.40. The Bertz CT molecular complexity index is 1130. The van der Waals surface area contributed by atoms with Gasteiger partial charge in [0.25, 0.3) is 0 Å². The Morgan fingerprint density at radius 2 is 1.53 bits per heavy atom. The number of rotatable bonds is 5. The van der Waals surface area contributed by atoms with Crippen LogP contribution in [0.25, 0.3) is 10.9 Å². The second-order valence-electron chi connectivity index (χ2n) is 6.80. The molecule has 2 aromatic heterocycles. The summed E-state index contributed by atoms with van der Waals surface area (Å²) in [5, 5.41) is 9.91. The van der Waals surface area contributed by atoms with Crippen LogP contribution >= 0.6 is 0 Å². The van der Waals surface area contributed by atoms with Gasteiger partial charge >= 0.3 is 11.8 Å². The number of carbonyl (C=O) groups is 2. The second kappa shape index (κ2) is 8.44. The molecule has 4 N–H and O–H groups in total. The van der Waals surface area contributed by atoms with Gasteiger partial charge in [-0.15, -0.1) is 0 Å². The van der Waals surface area contributed by atoms with E-state index < -0.39 is 11.8 Å². The number of carbonyl (C=O) groups excluding carboxylic acids is 2. The van der Waals surface area contributed by atoms with E-state index in [1.807, 2.05) is 60.7 Å². The monoisotopic (exact) mass is 400 g/mol. The predicted octanol–water partition coefficient (Wildman–Crippen LogP) is 2.71. The van der Waals surface area contributed by atoms with Crippen LogP contribution in [0.3, 0.4) is 0 Å². The summed E-state index contributed by atoms with van der Waals surface area (Å²) >= 11 is 0. The molecule has 0 aliphatic heterocycles. The molecule has 2 amide bonds. The van der Waals surface area contributed by atoms with Gasteiger partial charge in [-0.3, -0.25) is 14.7 Å². The summed E-state index contributed by atoms with van der Waals surface area (Å²) in [6.07, 6.45) is 2.92. The van der Waals surface area contributed by atoms with E-state index in [0.717, 1.165) is 11.1 Å². The van der Waals surface area contributed by atoms with Crippen LogP contribution in [0.1, 0.15) is 11.1 Å². The van der Waals surface area contributed by atoms with Crippen LogP contribution in [0.4, 0.5) is 11.5 Å². The van der Waals surface area contributed by atoms with Gasteiger partial charge in [0.15, 0.2) is 0 Å². The van der Waals surface area contributed by atoms with Gasteiger partial charge in [0, 0.05) is 13.1 Å². The van der Waals surface area contributed by atoms with Crippen molar-refractivity contribution in [3.8, 4) is 0 Å². The minimum atomic E-state index is -0.760. The minimum absolute atomic E-state index is 0.290. The van der Waals surface area contributed by atoms with Crippen LogP contribution in [-0.2, 0) is 22.7 Å². The van der Waals surface area contributed by atoms with Crippen molar-refractivity contribution in [2.24, 2.45) is 0 Å². The molecule has 0 saturated heterocycles. The number of hydrogen-bond donors (Lipinski definition) is 3. The SMILES string of the molecule is Nc1ncc(NC(=O)C(=O)N(Cc2ccccc2)Cc2ccccc2)c2[nH]ncc12. The highest BCUT2D eigenvalue weighted by atomic mass is 16.2. The predicted molar refractivity (Wildman–Crippen MR) is 114 cm³/mol. The number of hydrogen-bond acceptors (Lipinski definition) is 5. The van der Waals surface area contributed by atoms with Crippen molar-refractivity contribution in [3.05, 3.63) is 84.2 Å². The largest absolute Gasteiger partial charge is 0.383 e. The van der Waals surface area contributed by atoms with Crippen molar-refractivity contribution >= 4 is 34.2 Å². The van der Waals surface area contributed by atoms with Crippen molar-refractivity contribution < 1.29 is 9.59 Å². The number of fused-ring (bicyclic) bond motifs is 1. The van der Waals surface area contributed by atoms with Gasteiger partial charge in [-0.25, -0.2) is 4.98 Å². The summed E-state index contributed by atoms with van der Waals surface area (Å²) in [5.41, 5.74) is 8.54. The number of benzene rings is 2. The fraction of sp³-hybridized carbons (Fsp3) is 0.0909. The summed E-state index contributed by atoms with van der Waals surface area (Å²) in [4.78, 5) is 31.4. The van der Waals surface area contributed by atoms with Crippen molar-refractivity contribution in [1.82, 2.24) is 20.1 Å². The zero-order chi connectivity index (χ0) is 20.9. The Morgan fingerprint density at radius 1 is 0.933 bits per heavy atom. The molecule has 2 aromatic carbocycles. The zero-order valence-corrected chi connectivity index (χ0v) is 16.1. The fourth-order valence-corrected chi connectivity index (χ4v) is 3.18. The number of nitrogen functional groups attached to an aromatic ring is 1. The minimum Gasteiger partial charge on any atom is -0.383 e. The number of amides is 2. The third-order valence-corrected chi connectivity index (χ3v) is 4.68. The van der Waals surface area contributed by atoms with Gasteiger partial charge in [0.2, 0.25) is 0 Å². The molecule has 4 rings (SSSR count). The number of aromatic amines is 1. The Balaban J connectivity index is 1.57. The topological polar surface area (TPSA) is 117 Å². The van der Waals surface area contributed by atoms with E-state index in [1.165, 1.54) is 17.3 Å². The van der Waals surface area contributed by atoms with Crippen molar-refractivity contribution in [2.75, 3.05) is 11.1 Å². The lowest BCUT2D eigenvalue weighted by Crippen LogP contribution is -2.39. The quantitative estimate of drug-likeness (QED) is 0.445. The molecule has 2 heterocycles. The Labute approximate surface area is 172 Å². The maximum Gasteiger partial charge on any atom is 0.314 e. The number of aromatic nitrogens is 3. The summed E-state index contributed by atoms with van der Waals surface area (Å²) in [7, 11) is 0. The normalized spacial score (nSPS) is 10.7. The van der Waals surface area contributed by atoms with E-state index in [-0.39, 0.29) is 5.82 Å². The van der Waals surface area contributed by atoms with Gasteiger partial charge in [-0.1, -0.05) is 60.7 Å². The highest BCUT2D eigenvalue weighted by Gasteiger charge is 2.23. The van der Waals surface area contributed by atoms with Crippen LogP contribution < -0.4 is 11.1 Å². The molecular weight excluding hydrogens is 380 g/mol. The molecule has 0 fully saturated rings. The Morgan fingerprint density at radius 3 is 2.13 bits per heavy atom. The fourth-order valence-electron chi connectivity index (χ4n) is 3.18. The summed E-state index contributed by atoms with van der Waals surface area (Å²) in [6.45, 7) is 0.614. The number of anilines is 2. The summed E-state index contributed by atoms with van der Waals surface area (Å²) in [6, 6.07) is 19.1. The third-order valence-electron chi connectivity index (χ3n) is 4.68. The maximum absolute atomic E-state index is 13.0. The number of nitrogens with one attached hydrogen (secondary N) is 2. The molecular formula is C22H20N6O2. The lowest BCUT2D eigenvalue weighted by molar-refractivity contribution is -0.144. The summed E-state index contributed by atoms with van der Waals surface area (Å²) in [5.74, 6) is -1.12. The van der Waals surface area contributed by atoms with Gasteiger partial charge in [-0.05, 0) is 11.1 Å². The maximum atomic E-state index is 13.0. The number of pyridine rings is 1. The summed E-state index contributed by atoms with van der Waals surface area (Å²) < 4.78 is 0. The molecule has 0 spiro atoms. The first-order valence-corrected chi connectivity index (χ1v) is 9.37. The molecule has 0 bridgehead atoms. The molecule has 0 aliphatic carbocycles. The van der Waals surface area contributed by atoms with Gasteiger partial charge in [0.05, 0.1) is 29.0 Å². The van der Waals surface area contributed by atoms with E-state index in [2.05, 4.69) is 20.5 Å². The van der Waals surface area contributed by atoms with Crippen molar-refractivity contribution in [2.45, 2.75) is 13.1 Å². The van der Waals surface area contributed by atoms with Gasteiger partial charge in [-0.2, -0.15) is 5.10 Å². The van der Waals surface area contributed by atoms with Crippen LogP contribution in [0.15, 0.2) is 73.1 Å². The zero-order valence-electron chi connectivity index (χ0n) is 16.1. The van der Waals surface area contributed by atoms with Gasteiger partial charge < -0.3 is 16.0 Å². The van der Waals surface area contributed by atoms with Crippen molar-refractivity contribution in [1.29, 1.82) is 0 Å². The van der Waals surface area contributed by atoms with E-state index in [9.17, 15) is 9.59 Å². The number of nitrogens with two attached hydrogens (primary N) is 1. The molecule has 30 heavy (non-hydrogen) atoms. The Kier molecular flexibility index (Phi) is 5.38. The van der Waals surface area contributed by atoms with E-state index in [1.54, 1.807) is 0 Å². The molecule has 0 unspecified atom stereocenters. The van der Waals surface area contributed by atoms with Crippen LogP contribution in [0.5, 0.6) is 0 Å². The highest BCUT2D eigenvalue weighted by Crippen LogP contribution is 2.24. The van der Waals surface area contributed by atoms with Gasteiger partial charge in [0.1, 0.15) is 5.82 Å². The molecule has 0 aliphatic rings. The van der Waals surface area contributed by atoms with Crippen LogP contribution in [0.2, 0.25) is 0 Å². The molecule has 8 nitrogen and oxygen atoms in total. The first-order chi connectivity index (χ1) is 14.6. The average molecular weight is 400 g/mol. The first kappa shape index (κ1) is 19.1. The van der Waals surface area contributed by atoms with E-state index in [0.29, 0.717) is 29.7 Å². The second-order valence-corrected chi connectivity index (χ2v) is 6.80.